The van der Waals surface area contributed by atoms with Crippen LogP contribution in [0.3, 0.4) is 0 Å². The van der Waals surface area contributed by atoms with Gasteiger partial charge in [0.1, 0.15) is 0 Å². The monoisotopic (exact) mass is 545 g/mol. The van der Waals surface area contributed by atoms with E-state index in [-0.39, 0.29) is 6.04 Å². The fraction of sp³-hybridized carbons (Fsp3) is 0.483. The third-order valence-corrected chi connectivity index (χ3v) is 9.50. The van der Waals surface area contributed by atoms with Crippen molar-refractivity contribution in [1.82, 2.24) is 30.0 Å². The van der Waals surface area contributed by atoms with Crippen molar-refractivity contribution in [2.75, 3.05) is 32.0 Å². The minimum atomic E-state index is -0.665. The molecule has 2 aliphatic rings. The predicted molar refractivity (Wildman–Crippen MR) is 153 cm³/mol. The molecule has 4 atom stereocenters. The topological polar surface area (TPSA) is 107 Å². The van der Waals surface area contributed by atoms with Crippen molar-refractivity contribution in [3.05, 3.63) is 47.4 Å². The zero-order chi connectivity index (χ0) is 27.1. The molecule has 2 saturated heterocycles. The van der Waals surface area contributed by atoms with Crippen molar-refractivity contribution in [3.63, 3.8) is 0 Å². The second-order valence-corrected chi connectivity index (χ2v) is 12.6. The molecule has 0 saturated carbocycles. The summed E-state index contributed by atoms with van der Waals surface area (Å²) in [6.45, 7) is 7.31. The Morgan fingerprint density at radius 1 is 1.13 bits per heavy atom. The molecule has 0 radical (unpaired) electrons. The maximum Gasteiger partial charge on any atom is 0.314 e. The number of amides is 2. The SMILES string of the molecule is C[C@H]1CC[C@H](c2ccc3sc(C[C@@H]4CCN(C)C[C@H]4C)nc3c2)N(C(=O)C(=O)Nc2cncc3cn[nH]c23)C1. The fourth-order valence-electron chi connectivity index (χ4n) is 6.21. The number of fused-ring (bicyclic) bond motifs is 2. The second-order valence-electron chi connectivity index (χ2n) is 11.5. The van der Waals surface area contributed by atoms with Gasteiger partial charge < -0.3 is 15.1 Å². The van der Waals surface area contributed by atoms with E-state index < -0.39 is 11.8 Å². The number of rotatable bonds is 4. The quantitative estimate of drug-likeness (QED) is 0.362. The van der Waals surface area contributed by atoms with Gasteiger partial charge in [-0.25, -0.2) is 4.98 Å². The zero-order valence-electron chi connectivity index (χ0n) is 22.7. The van der Waals surface area contributed by atoms with Crippen LogP contribution in [0.25, 0.3) is 21.1 Å². The summed E-state index contributed by atoms with van der Waals surface area (Å²) in [6, 6.07) is 6.21. The first-order valence-electron chi connectivity index (χ1n) is 13.8. The molecule has 2 amide bonds. The first-order chi connectivity index (χ1) is 18.9. The van der Waals surface area contributed by atoms with E-state index in [2.05, 4.69) is 64.5 Å². The summed E-state index contributed by atoms with van der Waals surface area (Å²) in [5.74, 6) is 0.454. The molecule has 6 rings (SSSR count). The highest BCUT2D eigenvalue weighted by Crippen LogP contribution is 2.36. The highest BCUT2D eigenvalue weighted by atomic mass is 32.1. The van der Waals surface area contributed by atoms with Crippen LogP contribution in [0.5, 0.6) is 0 Å². The Morgan fingerprint density at radius 2 is 2.00 bits per heavy atom. The Bertz CT molecular complexity index is 1510. The molecule has 4 aromatic rings. The van der Waals surface area contributed by atoms with Gasteiger partial charge in [-0.15, -0.1) is 11.3 Å². The maximum atomic E-state index is 13.5. The average molecular weight is 546 g/mol. The van der Waals surface area contributed by atoms with Crippen LogP contribution in [0.4, 0.5) is 5.69 Å². The molecule has 2 fully saturated rings. The van der Waals surface area contributed by atoms with E-state index >= 15 is 0 Å². The summed E-state index contributed by atoms with van der Waals surface area (Å²) in [5.41, 5.74) is 3.12. The van der Waals surface area contributed by atoms with Crippen LogP contribution in [-0.4, -0.2) is 68.5 Å². The molecule has 1 aromatic carbocycles. The van der Waals surface area contributed by atoms with Crippen LogP contribution in [0.1, 0.15) is 49.7 Å². The van der Waals surface area contributed by atoms with Crippen molar-refractivity contribution < 1.29 is 9.59 Å². The first-order valence-corrected chi connectivity index (χ1v) is 14.6. The smallest absolute Gasteiger partial charge is 0.314 e. The molecular formula is C29H35N7O2S. The van der Waals surface area contributed by atoms with Crippen LogP contribution >= 0.6 is 11.3 Å². The largest absolute Gasteiger partial charge is 0.327 e. The second kappa shape index (κ2) is 10.7. The van der Waals surface area contributed by atoms with Crippen molar-refractivity contribution in [3.8, 4) is 0 Å². The number of hydrogen-bond donors (Lipinski definition) is 2. The molecule has 0 unspecified atom stereocenters. The van der Waals surface area contributed by atoms with Crippen LogP contribution in [-0.2, 0) is 16.0 Å². The van der Waals surface area contributed by atoms with Crippen molar-refractivity contribution in [2.24, 2.45) is 17.8 Å². The first kappa shape index (κ1) is 25.9. The summed E-state index contributed by atoms with van der Waals surface area (Å²) in [4.78, 5) is 40.0. The number of nitrogens with one attached hydrogen (secondary N) is 2. The molecule has 0 aliphatic carbocycles. The lowest BCUT2D eigenvalue weighted by atomic mass is 9.85. The van der Waals surface area contributed by atoms with Gasteiger partial charge in [0, 0.05) is 31.1 Å². The normalized spacial score (nSPS) is 24.3. The Labute approximate surface area is 232 Å². The van der Waals surface area contributed by atoms with Crippen LogP contribution in [0.2, 0.25) is 0 Å². The number of carbonyl (C=O) groups excluding carboxylic acids is 2. The van der Waals surface area contributed by atoms with Crippen molar-refractivity contribution in [2.45, 2.75) is 45.6 Å². The molecule has 2 aliphatic heterocycles. The number of benzene rings is 1. The number of aromatic amines is 1. The molecule has 0 spiro atoms. The number of nitrogens with zero attached hydrogens (tertiary/aromatic N) is 5. The number of hydrogen-bond acceptors (Lipinski definition) is 7. The van der Waals surface area contributed by atoms with Gasteiger partial charge in [0.15, 0.2) is 0 Å². The Morgan fingerprint density at radius 3 is 2.85 bits per heavy atom. The molecule has 204 valence electrons. The standard InChI is InChI=1S/C29H35N7O2S/c1-17-4-6-24(36(15-17)29(38)28(37)33-23-14-30-12-21-13-31-34-27(21)23)20-5-7-25-22(10-20)32-26(39-25)11-19-8-9-35(3)16-18(19)2/h5,7,10,12-14,17-19,24H,4,6,8-9,11,15-16H2,1-3H3,(H,31,34)(H,33,37)/t17-,18+,19-,24+/m0/s1. The summed E-state index contributed by atoms with van der Waals surface area (Å²) in [7, 11) is 2.20. The van der Waals surface area contributed by atoms with Gasteiger partial charge in [-0.3, -0.25) is 19.7 Å². The van der Waals surface area contributed by atoms with E-state index in [1.807, 2.05) is 0 Å². The van der Waals surface area contributed by atoms with Gasteiger partial charge in [0.2, 0.25) is 0 Å². The Balaban J connectivity index is 1.21. The van der Waals surface area contributed by atoms with Gasteiger partial charge in [-0.2, -0.15) is 5.10 Å². The van der Waals surface area contributed by atoms with Gasteiger partial charge in [-0.1, -0.05) is 19.9 Å². The minimum Gasteiger partial charge on any atom is -0.327 e. The Kier molecular flexibility index (Phi) is 7.07. The van der Waals surface area contributed by atoms with Gasteiger partial charge in [0.25, 0.3) is 0 Å². The molecule has 0 bridgehead atoms. The van der Waals surface area contributed by atoms with E-state index in [0.29, 0.717) is 35.5 Å². The highest BCUT2D eigenvalue weighted by molar-refractivity contribution is 7.18. The van der Waals surface area contributed by atoms with Crippen molar-refractivity contribution >= 4 is 50.0 Å². The number of pyridine rings is 1. The lowest BCUT2D eigenvalue weighted by Crippen LogP contribution is -2.46. The number of carbonyl (C=O) groups is 2. The molecule has 39 heavy (non-hydrogen) atoms. The molecule has 10 heteroatoms. The number of piperidine rings is 2. The molecular weight excluding hydrogens is 510 g/mol. The van der Waals surface area contributed by atoms with E-state index in [1.165, 1.54) is 22.3 Å². The van der Waals surface area contributed by atoms with Crippen molar-refractivity contribution in [1.29, 1.82) is 0 Å². The fourth-order valence-corrected chi connectivity index (χ4v) is 7.25. The van der Waals surface area contributed by atoms with E-state index in [4.69, 9.17) is 4.98 Å². The molecule has 9 nitrogen and oxygen atoms in total. The molecule has 3 aromatic heterocycles. The number of H-pyrrole nitrogens is 1. The lowest BCUT2D eigenvalue weighted by molar-refractivity contribution is -0.146. The predicted octanol–water partition coefficient (Wildman–Crippen LogP) is 4.64. The number of thiazole rings is 1. The third kappa shape index (κ3) is 5.27. The summed E-state index contributed by atoms with van der Waals surface area (Å²) >= 11 is 1.78. The third-order valence-electron chi connectivity index (χ3n) is 8.44. The molecule has 5 heterocycles. The van der Waals surface area contributed by atoms with E-state index in [1.54, 1.807) is 28.6 Å². The zero-order valence-corrected chi connectivity index (χ0v) is 23.5. The lowest BCUT2D eigenvalue weighted by Gasteiger charge is -2.38. The van der Waals surface area contributed by atoms with Gasteiger partial charge >= 0.3 is 11.8 Å². The average Bonchev–Trinajstić information content (AvgIpc) is 3.56. The van der Waals surface area contributed by atoms with Gasteiger partial charge in [0.05, 0.1) is 44.9 Å². The van der Waals surface area contributed by atoms with E-state index in [0.717, 1.165) is 48.8 Å². The molecule has 2 N–H and O–H groups in total. The minimum absolute atomic E-state index is 0.163. The van der Waals surface area contributed by atoms with Crippen LogP contribution in [0.15, 0.2) is 36.8 Å². The van der Waals surface area contributed by atoms with Gasteiger partial charge in [-0.05, 0) is 68.3 Å². The highest BCUT2D eigenvalue weighted by Gasteiger charge is 2.35. The number of anilines is 1. The van der Waals surface area contributed by atoms with Crippen LogP contribution in [0, 0.1) is 17.8 Å². The van der Waals surface area contributed by atoms with Crippen LogP contribution < -0.4 is 5.32 Å². The summed E-state index contributed by atoms with van der Waals surface area (Å²) in [6.07, 6.45) is 8.87. The number of aromatic nitrogens is 4. The summed E-state index contributed by atoms with van der Waals surface area (Å²) in [5, 5.41) is 11.6. The maximum absolute atomic E-state index is 13.5. The van der Waals surface area contributed by atoms with E-state index in [9.17, 15) is 9.59 Å². The summed E-state index contributed by atoms with van der Waals surface area (Å²) < 4.78 is 1.18. The Hall–Kier alpha value is -3.37. The number of likely N-dealkylation sites (tertiary alicyclic amines) is 2.